The van der Waals surface area contributed by atoms with Crippen molar-refractivity contribution in [2.24, 2.45) is 5.41 Å². The molecule has 2 N–H and O–H groups in total. The Morgan fingerprint density at radius 2 is 1.69 bits per heavy atom. The van der Waals surface area contributed by atoms with Crippen LogP contribution in [0.3, 0.4) is 0 Å². The molecule has 1 unspecified atom stereocenters. The minimum atomic E-state index is 0.501. The van der Waals surface area contributed by atoms with Crippen molar-refractivity contribution >= 4 is 17.3 Å². The van der Waals surface area contributed by atoms with Crippen molar-refractivity contribution in [3.63, 3.8) is 0 Å². The minimum absolute atomic E-state index is 0.501. The maximum absolute atomic E-state index is 5.38. The van der Waals surface area contributed by atoms with Gasteiger partial charge in [-0.25, -0.2) is 0 Å². The van der Waals surface area contributed by atoms with Gasteiger partial charge in [-0.1, -0.05) is 26.7 Å². The Hall–Kier alpha value is -0.310. The van der Waals surface area contributed by atoms with Crippen LogP contribution < -0.4 is 10.6 Å². The third-order valence-electron chi connectivity index (χ3n) is 3.99. The fourth-order valence-corrected chi connectivity index (χ4v) is 3.38. The molecule has 2 rings (SSSR count). The van der Waals surface area contributed by atoms with E-state index in [-0.39, 0.29) is 0 Å². The normalized spacial score (nSPS) is 29.2. The first-order valence-electron chi connectivity index (χ1n) is 6.62. The second kappa shape index (κ2) is 4.91. The van der Waals surface area contributed by atoms with Gasteiger partial charge in [-0.2, -0.15) is 0 Å². The Morgan fingerprint density at radius 3 is 2.25 bits per heavy atom. The van der Waals surface area contributed by atoms with Crippen molar-refractivity contribution in [2.75, 3.05) is 0 Å². The molecule has 2 aliphatic rings. The molecule has 2 nitrogen and oxygen atoms in total. The molecule has 0 radical (unpaired) electrons. The molecule has 0 spiro atoms. The standard InChI is InChI=1S/C13H24N2S/c1-13(2)8-7-11(9-13)15-12(16)14-10-5-3-4-6-10/h10-11H,3-9H2,1-2H3,(H2,14,15,16). The summed E-state index contributed by atoms with van der Waals surface area (Å²) in [5, 5.41) is 7.82. The van der Waals surface area contributed by atoms with Crippen LogP contribution in [0.2, 0.25) is 0 Å². The van der Waals surface area contributed by atoms with E-state index in [0.29, 0.717) is 17.5 Å². The average Bonchev–Trinajstić information content (AvgIpc) is 2.76. The molecule has 0 aromatic carbocycles. The van der Waals surface area contributed by atoms with Crippen LogP contribution in [0, 0.1) is 5.41 Å². The summed E-state index contributed by atoms with van der Waals surface area (Å²) < 4.78 is 0. The SMILES string of the molecule is CC1(C)CCC(NC(=S)NC2CCCC2)C1. The summed E-state index contributed by atoms with van der Waals surface area (Å²) in [6.07, 6.45) is 9.12. The Labute approximate surface area is 105 Å². The predicted molar refractivity (Wildman–Crippen MR) is 72.5 cm³/mol. The van der Waals surface area contributed by atoms with Crippen molar-refractivity contribution < 1.29 is 0 Å². The molecular formula is C13H24N2S. The van der Waals surface area contributed by atoms with Crippen LogP contribution >= 0.6 is 12.2 Å². The van der Waals surface area contributed by atoms with Crippen LogP contribution in [0.25, 0.3) is 0 Å². The number of hydrogen-bond acceptors (Lipinski definition) is 1. The molecule has 0 saturated heterocycles. The molecule has 0 bridgehead atoms. The van der Waals surface area contributed by atoms with E-state index in [1.165, 1.54) is 44.9 Å². The van der Waals surface area contributed by atoms with Crippen LogP contribution in [0.15, 0.2) is 0 Å². The van der Waals surface area contributed by atoms with Gasteiger partial charge in [-0.05, 0) is 49.7 Å². The van der Waals surface area contributed by atoms with Crippen LogP contribution in [0.4, 0.5) is 0 Å². The average molecular weight is 240 g/mol. The van der Waals surface area contributed by atoms with Gasteiger partial charge in [0.15, 0.2) is 5.11 Å². The molecule has 0 aromatic rings. The minimum Gasteiger partial charge on any atom is -0.360 e. The van der Waals surface area contributed by atoms with Gasteiger partial charge in [-0.15, -0.1) is 0 Å². The third-order valence-corrected chi connectivity index (χ3v) is 4.23. The Bertz CT molecular complexity index is 257. The lowest BCUT2D eigenvalue weighted by Crippen LogP contribution is -2.44. The van der Waals surface area contributed by atoms with Gasteiger partial charge < -0.3 is 10.6 Å². The summed E-state index contributed by atoms with van der Waals surface area (Å²) in [5.74, 6) is 0. The second-order valence-electron chi connectivity index (χ2n) is 6.20. The summed E-state index contributed by atoms with van der Waals surface area (Å²) in [5.41, 5.74) is 0.501. The Kier molecular flexibility index (Phi) is 3.73. The summed E-state index contributed by atoms with van der Waals surface area (Å²) in [6.45, 7) is 4.70. The highest BCUT2D eigenvalue weighted by molar-refractivity contribution is 7.80. The highest BCUT2D eigenvalue weighted by atomic mass is 32.1. The Balaban J connectivity index is 1.71. The molecular weight excluding hydrogens is 216 g/mol. The van der Waals surface area contributed by atoms with Crippen molar-refractivity contribution in [3.05, 3.63) is 0 Å². The molecule has 3 heteroatoms. The van der Waals surface area contributed by atoms with E-state index in [1.54, 1.807) is 0 Å². The smallest absolute Gasteiger partial charge is 0.166 e. The largest absolute Gasteiger partial charge is 0.360 e. The zero-order chi connectivity index (χ0) is 11.6. The van der Waals surface area contributed by atoms with E-state index in [1.807, 2.05) is 0 Å². The summed E-state index contributed by atoms with van der Waals surface area (Å²) >= 11 is 5.38. The third kappa shape index (κ3) is 3.34. The van der Waals surface area contributed by atoms with Gasteiger partial charge in [0.1, 0.15) is 0 Å². The summed E-state index contributed by atoms with van der Waals surface area (Å²) in [6, 6.07) is 1.23. The summed E-state index contributed by atoms with van der Waals surface area (Å²) in [7, 11) is 0. The number of nitrogens with one attached hydrogen (secondary N) is 2. The molecule has 0 amide bonds. The second-order valence-corrected chi connectivity index (χ2v) is 6.61. The molecule has 2 saturated carbocycles. The van der Waals surface area contributed by atoms with E-state index in [4.69, 9.17) is 12.2 Å². The zero-order valence-electron chi connectivity index (χ0n) is 10.5. The van der Waals surface area contributed by atoms with Crippen molar-refractivity contribution in [3.8, 4) is 0 Å². The fraction of sp³-hybridized carbons (Fsp3) is 0.923. The topological polar surface area (TPSA) is 24.1 Å². The monoisotopic (exact) mass is 240 g/mol. The van der Waals surface area contributed by atoms with Crippen LogP contribution in [0.5, 0.6) is 0 Å². The van der Waals surface area contributed by atoms with E-state index >= 15 is 0 Å². The highest BCUT2D eigenvalue weighted by Crippen LogP contribution is 2.36. The van der Waals surface area contributed by atoms with Gasteiger partial charge in [0, 0.05) is 12.1 Å². The molecule has 92 valence electrons. The zero-order valence-corrected chi connectivity index (χ0v) is 11.3. The molecule has 0 aromatic heterocycles. The maximum atomic E-state index is 5.38. The number of thiocarbonyl (C=S) groups is 1. The first kappa shape index (κ1) is 12.2. The van der Waals surface area contributed by atoms with E-state index in [0.717, 1.165) is 5.11 Å². The Morgan fingerprint density at radius 1 is 1.06 bits per heavy atom. The fourth-order valence-electron chi connectivity index (χ4n) is 3.04. The maximum Gasteiger partial charge on any atom is 0.166 e. The lowest BCUT2D eigenvalue weighted by atomic mass is 9.92. The van der Waals surface area contributed by atoms with Crippen LogP contribution in [-0.2, 0) is 0 Å². The predicted octanol–water partition coefficient (Wildman–Crippen LogP) is 2.97. The molecule has 0 heterocycles. The van der Waals surface area contributed by atoms with Crippen molar-refractivity contribution in [2.45, 2.75) is 70.9 Å². The van der Waals surface area contributed by atoms with E-state index in [9.17, 15) is 0 Å². The first-order chi connectivity index (χ1) is 7.55. The van der Waals surface area contributed by atoms with Crippen molar-refractivity contribution in [1.82, 2.24) is 10.6 Å². The summed E-state index contributed by atoms with van der Waals surface area (Å²) in [4.78, 5) is 0. The van der Waals surface area contributed by atoms with Gasteiger partial charge in [0.2, 0.25) is 0 Å². The molecule has 16 heavy (non-hydrogen) atoms. The number of hydrogen-bond donors (Lipinski definition) is 2. The lowest BCUT2D eigenvalue weighted by Gasteiger charge is -2.21. The first-order valence-corrected chi connectivity index (χ1v) is 7.03. The quantitative estimate of drug-likeness (QED) is 0.726. The highest BCUT2D eigenvalue weighted by Gasteiger charge is 2.31. The molecule has 2 aliphatic carbocycles. The van der Waals surface area contributed by atoms with Crippen LogP contribution in [0.1, 0.15) is 58.8 Å². The number of rotatable bonds is 2. The van der Waals surface area contributed by atoms with Gasteiger partial charge in [0.25, 0.3) is 0 Å². The lowest BCUT2D eigenvalue weighted by molar-refractivity contribution is 0.372. The van der Waals surface area contributed by atoms with Crippen molar-refractivity contribution in [1.29, 1.82) is 0 Å². The molecule has 0 aliphatic heterocycles. The van der Waals surface area contributed by atoms with Gasteiger partial charge in [-0.3, -0.25) is 0 Å². The van der Waals surface area contributed by atoms with E-state index < -0.39 is 0 Å². The van der Waals surface area contributed by atoms with Gasteiger partial charge in [0.05, 0.1) is 0 Å². The van der Waals surface area contributed by atoms with E-state index in [2.05, 4.69) is 24.5 Å². The van der Waals surface area contributed by atoms with Crippen LogP contribution in [-0.4, -0.2) is 17.2 Å². The van der Waals surface area contributed by atoms with Gasteiger partial charge >= 0.3 is 0 Å². The molecule has 1 atom stereocenters. The molecule has 2 fully saturated rings.